The van der Waals surface area contributed by atoms with Crippen LogP contribution >= 0.6 is 0 Å². The molecule has 1 saturated heterocycles. The monoisotopic (exact) mass is 351 g/mol. The Morgan fingerprint density at radius 3 is 2.76 bits per heavy atom. The first-order valence-corrected chi connectivity index (χ1v) is 8.24. The molecule has 1 fully saturated rings. The lowest BCUT2D eigenvalue weighted by atomic mass is 10.1. The van der Waals surface area contributed by atoms with Crippen LogP contribution in [0.1, 0.15) is 32.0 Å². The molecule has 0 bridgehead atoms. The van der Waals surface area contributed by atoms with E-state index in [0.29, 0.717) is 11.5 Å². The molecule has 2 N–H and O–H groups in total. The fourth-order valence-corrected chi connectivity index (χ4v) is 3.20. The van der Waals surface area contributed by atoms with E-state index in [2.05, 4.69) is 16.7 Å². The molecule has 3 rings (SSSR count). The minimum Gasteiger partial charge on any atom is -0.383 e. The zero-order valence-electron chi connectivity index (χ0n) is 14.6. The van der Waals surface area contributed by atoms with Crippen molar-refractivity contribution >= 4 is 22.6 Å². The highest BCUT2D eigenvalue weighted by atomic mass is 19.3. The third-order valence-electron chi connectivity index (χ3n) is 4.24. The van der Waals surface area contributed by atoms with Gasteiger partial charge in [0.25, 0.3) is 6.43 Å². The molecule has 2 unspecified atom stereocenters. The van der Waals surface area contributed by atoms with E-state index in [1.807, 2.05) is 13.8 Å². The first-order chi connectivity index (χ1) is 11.9. The maximum atomic E-state index is 13.3. The lowest BCUT2D eigenvalue weighted by molar-refractivity contribution is -0.129. The fourth-order valence-electron chi connectivity index (χ4n) is 3.20. The van der Waals surface area contributed by atoms with E-state index in [9.17, 15) is 13.6 Å². The van der Waals surface area contributed by atoms with Crippen LogP contribution in [0.15, 0.2) is 24.9 Å². The van der Waals surface area contributed by atoms with Gasteiger partial charge in [-0.15, -0.1) is 0 Å². The minimum atomic E-state index is -2.61. The van der Waals surface area contributed by atoms with Crippen LogP contribution in [0, 0.1) is 6.92 Å². The van der Waals surface area contributed by atoms with Crippen LogP contribution in [0.2, 0.25) is 0 Å². The highest BCUT2D eigenvalue weighted by Gasteiger charge is 2.41. The van der Waals surface area contributed by atoms with Crippen molar-refractivity contribution in [3.8, 4) is 0 Å². The minimum absolute atomic E-state index is 0.135. The molecule has 2 aromatic heterocycles. The summed E-state index contributed by atoms with van der Waals surface area (Å²) in [6, 6.07) is 0.279. The van der Waals surface area contributed by atoms with E-state index in [0.717, 1.165) is 21.9 Å². The molecule has 136 valence electrons. The number of halogens is 2. The van der Waals surface area contributed by atoms with Gasteiger partial charge in [-0.2, -0.15) is 5.10 Å². The molecule has 1 aliphatic rings. The Kier molecular flexibility index (Phi) is 5.71. The number of hydrogen-bond donors (Lipinski definition) is 1. The Morgan fingerprint density at radius 2 is 2.16 bits per heavy atom. The standard InChI is InChI=1S/C15H17F2N5O.C2H6/c1-3-12(23)21-7-9(6-11(21)14(16)17)22-10-4-5-19-15(18)13(10)8(2)20-22;1-2/h3-5,9,11,14H,1,6-7H2,2H3,(H2,18,19);1-2H3. The molecular weight excluding hydrogens is 328 g/mol. The molecule has 3 heterocycles. The second-order valence-electron chi connectivity index (χ2n) is 5.61. The number of rotatable bonds is 3. The quantitative estimate of drug-likeness (QED) is 0.863. The van der Waals surface area contributed by atoms with Crippen molar-refractivity contribution in [1.29, 1.82) is 0 Å². The first-order valence-electron chi connectivity index (χ1n) is 8.24. The lowest BCUT2D eigenvalue weighted by Crippen LogP contribution is -2.38. The Labute approximate surface area is 145 Å². The fraction of sp³-hybridized carbons (Fsp3) is 0.471. The van der Waals surface area contributed by atoms with Gasteiger partial charge in [0.1, 0.15) is 5.82 Å². The summed E-state index contributed by atoms with van der Waals surface area (Å²) < 4.78 is 28.2. The van der Waals surface area contributed by atoms with Gasteiger partial charge in [0.05, 0.1) is 28.7 Å². The van der Waals surface area contributed by atoms with Crippen molar-refractivity contribution in [3.05, 3.63) is 30.6 Å². The second-order valence-corrected chi connectivity index (χ2v) is 5.61. The van der Waals surface area contributed by atoms with Gasteiger partial charge in [0, 0.05) is 12.7 Å². The number of nitrogen functional groups attached to an aromatic ring is 1. The largest absolute Gasteiger partial charge is 0.383 e. The molecule has 0 aromatic carbocycles. The van der Waals surface area contributed by atoms with Crippen molar-refractivity contribution in [2.75, 3.05) is 12.3 Å². The molecule has 0 aliphatic carbocycles. The predicted molar refractivity (Wildman–Crippen MR) is 93.4 cm³/mol. The third kappa shape index (κ3) is 3.33. The van der Waals surface area contributed by atoms with Gasteiger partial charge in [-0.1, -0.05) is 20.4 Å². The average molecular weight is 351 g/mol. The molecule has 1 amide bonds. The van der Waals surface area contributed by atoms with Crippen LogP contribution in [0.3, 0.4) is 0 Å². The predicted octanol–water partition coefficient (Wildman–Crippen LogP) is 2.94. The normalized spacial score (nSPS) is 19.8. The number of pyridine rings is 1. The van der Waals surface area contributed by atoms with E-state index >= 15 is 0 Å². The number of likely N-dealkylation sites (tertiary alicyclic amines) is 1. The topological polar surface area (TPSA) is 77.0 Å². The van der Waals surface area contributed by atoms with Gasteiger partial charge in [-0.25, -0.2) is 13.8 Å². The summed E-state index contributed by atoms with van der Waals surface area (Å²) in [5.74, 6) is -0.138. The number of hydrogen-bond acceptors (Lipinski definition) is 4. The Hall–Kier alpha value is -2.51. The molecule has 2 atom stereocenters. The van der Waals surface area contributed by atoms with Crippen LogP contribution in [0.5, 0.6) is 0 Å². The number of carbonyl (C=O) groups excluding carboxylic acids is 1. The van der Waals surface area contributed by atoms with Gasteiger partial charge in [-0.3, -0.25) is 9.48 Å². The van der Waals surface area contributed by atoms with E-state index < -0.39 is 18.4 Å². The van der Waals surface area contributed by atoms with Crippen LogP contribution in [0.4, 0.5) is 14.6 Å². The van der Waals surface area contributed by atoms with E-state index in [1.54, 1.807) is 23.9 Å². The summed E-state index contributed by atoms with van der Waals surface area (Å²) in [5.41, 5.74) is 7.30. The molecular formula is C17H23F2N5O. The summed E-state index contributed by atoms with van der Waals surface area (Å²) in [5, 5.41) is 5.15. The molecule has 25 heavy (non-hydrogen) atoms. The van der Waals surface area contributed by atoms with Crippen molar-refractivity contribution in [1.82, 2.24) is 19.7 Å². The van der Waals surface area contributed by atoms with Crippen LogP contribution in [0.25, 0.3) is 10.9 Å². The van der Waals surface area contributed by atoms with E-state index in [1.165, 1.54) is 0 Å². The molecule has 0 spiro atoms. The van der Waals surface area contributed by atoms with Gasteiger partial charge in [0.2, 0.25) is 5.91 Å². The second kappa shape index (κ2) is 7.58. The smallest absolute Gasteiger partial charge is 0.258 e. The molecule has 0 saturated carbocycles. The van der Waals surface area contributed by atoms with Gasteiger partial charge < -0.3 is 10.6 Å². The van der Waals surface area contributed by atoms with Crippen LogP contribution in [-0.4, -0.2) is 44.6 Å². The highest BCUT2D eigenvalue weighted by molar-refractivity contribution is 5.91. The third-order valence-corrected chi connectivity index (χ3v) is 4.24. The number of amides is 1. The van der Waals surface area contributed by atoms with Gasteiger partial charge in [-0.05, 0) is 25.5 Å². The summed E-state index contributed by atoms with van der Waals surface area (Å²) in [7, 11) is 0. The van der Waals surface area contributed by atoms with Crippen molar-refractivity contribution in [2.24, 2.45) is 0 Å². The number of anilines is 1. The maximum absolute atomic E-state index is 13.3. The summed E-state index contributed by atoms with van der Waals surface area (Å²) in [6.45, 7) is 9.34. The molecule has 2 aromatic rings. The number of aryl methyl sites for hydroxylation is 1. The zero-order chi connectivity index (χ0) is 18.7. The Morgan fingerprint density at radius 1 is 1.48 bits per heavy atom. The highest BCUT2D eigenvalue weighted by Crippen LogP contribution is 2.34. The SMILES string of the molecule is C=CC(=O)N1CC(n2nc(C)c3c(N)nccc32)CC1C(F)F.CC. The number of carbonyl (C=O) groups is 1. The van der Waals surface area contributed by atoms with Crippen LogP contribution < -0.4 is 5.73 Å². The Balaban J connectivity index is 0.00000109. The first kappa shape index (κ1) is 18.8. The lowest BCUT2D eigenvalue weighted by Gasteiger charge is -2.21. The van der Waals surface area contributed by atoms with E-state index in [-0.39, 0.29) is 19.0 Å². The van der Waals surface area contributed by atoms with E-state index in [4.69, 9.17) is 5.73 Å². The van der Waals surface area contributed by atoms with Gasteiger partial charge in [0.15, 0.2) is 0 Å². The van der Waals surface area contributed by atoms with Gasteiger partial charge >= 0.3 is 0 Å². The maximum Gasteiger partial charge on any atom is 0.258 e. The average Bonchev–Trinajstić information content (AvgIpc) is 3.18. The Bertz CT molecular complexity index is 774. The van der Waals surface area contributed by atoms with Crippen molar-refractivity contribution in [3.63, 3.8) is 0 Å². The number of nitrogens with zero attached hydrogens (tertiary/aromatic N) is 4. The summed E-state index contributed by atoms with van der Waals surface area (Å²) in [4.78, 5) is 17.0. The summed E-state index contributed by atoms with van der Waals surface area (Å²) >= 11 is 0. The zero-order valence-corrected chi connectivity index (χ0v) is 14.6. The number of fused-ring (bicyclic) bond motifs is 1. The van der Waals surface area contributed by atoms with Crippen LogP contribution in [-0.2, 0) is 4.79 Å². The number of alkyl halides is 2. The van der Waals surface area contributed by atoms with Crippen molar-refractivity contribution in [2.45, 2.75) is 45.7 Å². The summed E-state index contributed by atoms with van der Waals surface area (Å²) in [6.07, 6.45) is 0.141. The number of nitrogens with two attached hydrogens (primary N) is 1. The molecule has 1 aliphatic heterocycles. The van der Waals surface area contributed by atoms with Crippen molar-refractivity contribution < 1.29 is 13.6 Å². The molecule has 8 heteroatoms. The molecule has 6 nitrogen and oxygen atoms in total. The molecule has 0 radical (unpaired) electrons. The number of aromatic nitrogens is 3.